The average Bonchev–Trinajstić information content (AvgIpc) is 2.20. The predicted octanol–water partition coefficient (Wildman–Crippen LogP) is -0.424. The lowest BCUT2D eigenvalue weighted by Gasteiger charge is -2.36. The molecule has 1 heterocycles. The van der Waals surface area contributed by atoms with Gasteiger partial charge >= 0.3 is 0 Å². The van der Waals surface area contributed by atoms with Crippen LogP contribution >= 0.6 is 0 Å². The number of hydrogen-bond acceptors (Lipinski definition) is 3. The highest BCUT2D eigenvalue weighted by molar-refractivity contribution is 5.74. The van der Waals surface area contributed by atoms with Gasteiger partial charge in [0.05, 0.1) is 6.07 Å². The van der Waals surface area contributed by atoms with E-state index in [1.807, 2.05) is 4.90 Å². The van der Waals surface area contributed by atoms with E-state index in [4.69, 9.17) is 16.4 Å². The molecule has 0 spiro atoms. The van der Waals surface area contributed by atoms with Crippen molar-refractivity contribution < 1.29 is 0 Å². The van der Waals surface area contributed by atoms with E-state index in [0.29, 0.717) is 13.1 Å². The number of guanidine groups is 1. The zero-order valence-corrected chi connectivity index (χ0v) is 8.11. The van der Waals surface area contributed by atoms with Gasteiger partial charge in [0.1, 0.15) is 6.04 Å². The van der Waals surface area contributed by atoms with Crippen molar-refractivity contribution in [1.82, 2.24) is 9.80 Å². The van der Waals surface area contributed by atoms with Gasteiger partial charge in [0.15, 0.2) is 5.96 Å². The molecule has 3 N–H and O–H groups in total. The molecule has 0 saturated carbocycles. The zero-order chi connectivity index (χ0) is 10.6. The Bertz CT molecular complexity index is 259. The summed E-state index contributed by atoms with van der Waals surface area (Å²) in [5, 5.41) is 16.1. The lowest BCUT2D eigenvalue weighted by Crippen LogP contribution is -2.52. The lowest BCUT2D eigenvalue weighted by atomic mass is 10.2. The fourth-order valence-electron chi connectivity index (χ4n) is 1.52. The minimum absolute atomic E-state index is 0.108. The van der Waals surface area contributed by atoms with Crippen LogP contribution in [0.25, 0.3) is 0 Å². The van der Waals surface area contributed by atoms with Crippen molar-refractivity contribution in [1.29, 1.82) is 10.7 Å². The number of nitrogens with zero attached hydrogens (tertiary/aromatic N) is 3. The van der Waals surface area contributed by atoms with Crippen molar-refractivity contribution in [2.45, 2.75) is 6.04 Å². The molecule has 5 nitrogen and oxygen atoms in total. The molecule has 0 aromatic heterocycles. The smallest absolute Gasteiger partial charge is 0.188 e. The lowest BCUT2D eigenvalue weighted by molar-refractivity contribution is 0.173. The van der Waals surface area contributed by atoms with E-state index < -0.39 is 0 Å². The van der Waals surface area contributed by atoms with Gasteiger partial charge in [-0.1, -0.05) is 6.08 Å². The molecule has 1 fully saturated rings. The number of nitrogens with one attached hydrogen (secondary N) is 1. The minimum atomic E-state index is -0.218. The second kappa shape index (κ2) is 4.63. The SMILES string of the molecule is C=CC(C#N)N1CCN(C(=N)N)CC1. The second-order valence-electron chi connectivity index (χ2n) is 3.22. The van der Waals surface area contributed by atoms with Crippen molar-refractivity contribution in [3.63, 3.8) is 0 Å². The number of hydrogen-bond donors (Lipinski definition) is 2. The maximum atomic E-state index is 8.81. The van der Waals surface area contributed by atoms with Crippen LogP contribution in [0, 0.1) is 16.7 Å². The molecule has 14 heavy (non-hydrogen) atoms. The Morgan fingerprint density at radius 3 is 2.43 bits per heavy atom. The van der Waals surface area contributed by atoms with Crippen LogP contribution in [0.2, 0.25) is 0 Å². The predicted molar refractivity (Wildman–Crippen MR) is 54.7 cm³/mol. The molecule has 1 rings (SSSR count). The quantitative estimate of drug-likeness (QED) is 0.354. The largest absolute Gasteiger partial charge is 0.370 e. The summed E-state index contributed by atoms with van der Waals surface area (Å²) in [5.41, 5.74) is 5.36. The molecule has 1 aliphatic heterocycles. The molecule has 0 bridgehead atoms. The Morgan fingerprint density at radius 2 is 2.07 bits per heavy atom. The van der Waals surface area contributed by atoms with E-state index in [0.717, 1.165) is 13.1 Å². The van der Waals surface area contributed by atoms with Gasteiger partial charge in [-0.2, -0.15) is 5.26 Å². The fourth-order valence-corrected chi connectivity index (χ4v) is 1.52. The number of rotatable bonds is 2. The second-order valence-corrected chi connectivity index (χ2v) is 3.22. The molecular weight excluding hydrogens is 178 g/mol. The van der Waals surface area contributed by atoms with Crippen LogP contribution in [0.5, 0.6) is 0 Å². The third-order valence-corrected chi connectivity index (χ3v) is 2.40. The summed E-state index contributed by atoms with van der Waals surface area (Å²) >= 11 is 0. The Labute approximate surface area is 83.9 Å². The summed E-state index contributed by atoms with van der Waals surface area (Å²) in [7, 11) is 0. The molecule has 1 atom stereocenters. The normalized spacial score (nSPS) is 19.8. The van der Waals surface area contributed by atoms with E-state index in [1.165, 1.54) is 0 Å². The molecule has 0 radical (unpaired) electrons. The first kappa shape index (κ1) is 10.5. The summed E-state index contributed by atoms with van der Waals surface area (Å²) in [4.78, 5) is 3.83. The first-order chi connectivity index (χ1) is 6.69. The summed E-state index contributed by atoms with van der Waals surface area (Å²) < 4.78 is 0. The number of nitrogens with two attached hydrogens (primary N) is 1. The summed E-state index contributed by atoms with van der Waals surface area (Å²) in [6.45, 7) is 6.54. The Kier molecular flexibility index (Phi) is 3.48. The third kappa shape index (κ3) is 2.24. The van der Waals surface area contributed by atoms with Crippen LogP contribution in [0.4, 0.5) is 0 Å². The number of piperazine rings is 1. The van der Waals surface area contributed by atoms with Crippen molar-refractivity contribution in [2.24, 2.45) is 5.73 Å². The first-order valence-corrected chi connectivity index (χ1v) is 4.54. The van der Waals surface area contributed by atoms with Crippen molar-refractivity contribution in [3.8, 4) is 6.07 Å². The van der Waals surface area contributed by atoms with Crippen LogP contribution in [-0.2, 0) is 0 Å². The zero-order valence-electron chi connectivity index (χ0n) is 8.11. The molecule has 0 aromatic rings. The highest BCUT2D eigenvalue weighted by atomic mass is 15.3. The van der Waals surface area contributed by atoms with Gasteiger partial charge in [0, 0.05) is 26.2 Å². The molecule has 1 aliphatic rings. The van der Waals surface area contributed by atoms with Gasteiger partial charge in [-0.05, 0) is 0 Å². The Balaban J connectivity index is 2.47. The van der Waals surface area contributed by atoms with Gasteiger partial charge in [-0.25, -0.2) is 0 Å². The highest BCUT2D eigenvalue weighted by Crippen LogP contribution is 2.05. The fraction of sp³-hybridized carbons (Fsp3) is 0.556. The average molecular weight is 193 g/mol. The van der Waals surface area contributed by atoms with Crippen LogP contribution in [0.3, 0.4) is 0 Å². The molecule has 0 aromatic carbocycles. The minimum Gasteiger partial charge on any atom is -0.370 e. The molecule has 1 unspecified atom stereocenters. The van der Waals surface area contributed by atoms with Gasteiger partial charge in [0.2, 0.25) is 0 Å². The molecule has 76 valence electrons. The maximum Gasteiger partial charge on any atom is 0.188 e. The van der Waals surface area contributed by atoms with Crippen molar-refractivity contribution in [3.05, 3.63) is 12.7 Å². The van der Waals surface area contributed by atoms with Gasteiger partial charge in [-0.3, -0.25) is 10.3 Å². The third-order valence-electron chi connectivity index (χ3n) is 2.40. The van der Waals surface area contributed by atoms with Gasteiger partial charge < -0.3 is 10.6 Å². The van der Waals surface area contributed by atoms with E-state index in [1.54, 1.807) is 11.0 Å². The van der Waals surface area contributed by atoms with Crippen molar-refractivity contribution in [2.75, 3.05) is 26.2 Å². The number of nitriles is 1. The van der Waals surface area contributed by atoms with E-state index in [2.05, 4.69) is 12.6 Å². The van der Waals surface area contributed by atoms with Gasteiger partial charge in [0.25, 0.3) is 0 Å². The topological polar surface area (TPSA) is 80.1 Å². The molecule has 0 amide bonds. The molecule has 0 aliphatic carbocycles. The summed E-state index contributed by atoms with van der Waals surface area (Å²) in [5.74, 6) is 0.108. The maximum absolute atomic E-state index is 8.81. The van der Waals surface area contributed by atoms with Crippen LogP contribution in [-0.4, -0.2) is 48.0 Å². The van der Waals surface area contributed by atoms with E-state index in [9.17, 15) is 0 Å². The summed E-state index contributed by atoms with van der Waals surface area (Å²) in [6.07, 6.45) is 1.64. The summed E-state index contributed by atoms with van der Waals surface area (Å²) in [6, 6.07) is 1.95. The Hall–Kier alpha value is -1.54. The monoisotopic (exact) mass is 193 g/mol. The Morgan fingerprint density at radius 1 is 1.50 bits per heavy atom. The van der Waals surface area contributed by atoms with Crippen molar-refractivity contribution >= 4 is 5.96 Å². The van der Waals surface area contributed by atoms with Crippen LogP contribution in [0.15, 0.2) is 12.7 Å². The first-order valence-electron chi connectivity index (χ1n) is 4.54. The highest BCUT2D eigenvalue weighted by Gasteiger charge is 2.21. The van der Waals surface area contributed by atoms with Gasteiger partial charge in [-0.15, -0.1) is 6.58 Å². The van der Waals surface area contributed by atoms with E-state index in [-0.39, 0.29) is 12.0 Å². The van der Waals surface area contributed by atoms with Crippen LogP contribution in [0.1, 0.15) is 0 Å². The molecular formula is C9H15N5. The van der Waals surface area contributed by atoms with E-state index >= 15 is 0 Å². The molecule has 1 saturated heterocycles. The van der Waals surface area contributed by atoms with Crippen LogP contribution < -0.4 is 5.73 Å². The molecule has 5 heteroatoms. The standard InChI is InChI=1S/C9H15N5/c1-2-8(7-10)13-3-5-14(6-4-13)9(11)12/h2,8H,1,3-6H2,(H3,11,12).